The van der Waals surface area contributed by atoms with Crippen LogP contribution in [-0.2, 0) is 0 Å². The number of aromatic nitrogens is 1. The van der Waals surface area contributed by atoms with Crippen LogP contribution in [0.1, 0.15) is 16.8 Å². The van der Waals surface area contributed by atoms with Crippen LogP contribution in [0.5, 0.6) is 0 Å². The van der Waals surface area contributed by atoms with E-state index in [0.29, 0.717) is 0 Å². The molecular formula is C8H12N2. The molecule has 2 nitrogen and oxygen atoms in total. The quantitative estimate of drug-likeness (QED) is 0.604. The minimum Gasteiger partial charge on any atom is -0.405 e. The monoisotopic (exact) mass is 136 g/mol. The van der Waals surface area contributed by atoms with E-state index in [0.717, 1.165) is 0 Å². The molecule has 0 aliphatic rings. The first-order valence-electron chi connectivity index (χ1n) is 3.28. The Hall–Kier alpha value is -1.18. The van der Waals surface area contributed by atoms with E-state index in [2.05, 4.69) is 11.9 Å². The van der Waals surface area contributed by atoms with Gasteiger partial charge in [-0.25, -0.2) is 0 Å². The van der Waals surface area contributed by atoms with Gasteiger partial charge >= 0.3 is 0 Å². The lowest BCUT2D eigenvalue weighted by molar-refractivity contribution is 1.23. The topological polar surface area (TPSA) is 41.8 Å². The van der Waals surface area contributed by atoms with E-state index in [1.54, 1.807) is 6.20 Å². The van der Waals surface area contributed by atoms with Gasteiger partial charge in [-0.05, 0) is 37.3 Å². The van der Waals surface area contributed by atoms with Gasteiger partial charge in [0, 0.05) is 11.9 Å². The molecule has 1 aromatic rings. The minimum absolute atomic E-state index is 1.17. The number of H-pyrrole nitrogens is 1. The summed E-state index contributed by atoms with van der Waals surface area (Å²) < 4.78 is 0. The summed E-state index contributed by atoms with van der Waals surface area (Å²) in [7, 11) is 0. The molecule has 0 amide bonds. The number of hydrogen-bond donors (Lipinski definition) is 2. The molecule has 0 fully saturated rings. The van der Waals surface area contributed by atoms with E-state index >= 15 is 0 Å². The highest BCUT2D eigenvalue weighted by atomic mass is 14.7. The van der Waals surface area contributed by atoms with Crippen molar-refractivity contribution < 1.29 is 0 Å². The third-order valence-corrected chi connectivity index (χ3v) is 1.72. The van der Waals surface area contributed by atoms with Crippen molar-refractivity contribution in [3.8, 4) is 0 Å². The predicted molar refractivity (Wildman–Crippen MR) is 43.5 cm³/mol. The average molecular weight is 136 g/mol. The lowest BCUT2D eigenvalue weighted by Gasteiger charge is -1.89. The molecule has 3 N–H and O–H groups in total. The number of aromatic amines is 1. The summed E-state index contributed by atoms with van der Waals surface area (Å²) in [5, 5.41) is 0. The standard InChI is InChI=1S/C8H12N2/c1-6-7(2)10-5-8(6)3-4-9/h3-5,10H,9H2,1-2H3/b4-3-. The van der Waals surface area contributed by atoms with E-state index in [4.69, 9.17) is 5.73 Å². The van der Waals surface area contributed by atoms with Gasteiger partial charge < -0.3 is 10.7 Å². The molecule has 0 saturated carbocycles. The molecular weight excluding hydrogens is 124 g/mol. The number of rotatable bonds is 1. The van der Waals surface area contributed by atoms with Crippen LogP contribution < -0.4 is 5.73 Å². The van der Waals surface area contributed by atoms with Crippen LogP contribution in [0, 0.1) is 13.8 Å². The molecule has 1 heterocycles. The summed E-state index contributed by atoms with van der Waals surface area (Å²) in [5.74, 6) is 0. The Kier molecular flexibility index (Phi) is 1.81. The smallest absolute Gasteiger partial charge is 0.0151 e. The normalized spacial score (nSPS) is 11.0. The van der Waals surface area contributed by atoms with Crippen molar-refractivity contribution in [3.63, 3.8) is 0 Å². The maximum atomic E-state index is 5.24. The van der Waals surface area contributed by atoms with Crippen molar-refractivity contribution >= 4 is 6.08 Å². The highest BCUT2D eigenvalue weighted by Crippen LogP contribution is 2.12. The van der Waals surface area contributed by atoms with Crippen LogP contribution in [0.2, 0.25) is 0 Å². The van der Waals surface area contributed by atoms with Gasteiger partial charge in [0.1, 0.15) is 0 Å². The van der Waals surface area contributed by atoms with Gasteiger partial charge in [0.05, 0.1) is 0 Å². The minimum atomic E-state index is 1.17. The molecule has 0 saturated heterocycles. The fraction of sp³-hybridized carbons (Fsp3) is 0.250. The summed E-state index contributed by atoms with van der Waals surface area (Å²) >= 11 is 0. The number of nitrogens with one attached hydrogen (secondary N) is 1. The lowest BCUT2D eigenvalue weighted by atomic mass is 10.2. The van der Waals surface area contributed by atoms with Gasteiger partial charge in [-0.2, -0.15) is 0 Å². The summed E-state index contributed by atoms with van der Waals surface area (Å²) in [5.41, 5.74) is 8.88. The molecule has 1 rings (SSSR count). The van der Waals surface area contributed by atoms with Gasteiger partial charge in [-0.3, -0.25) is 0 Å². The third-order valence-electron chi connectivity index (χ3n) is 1.72. The molecule has 0 aliphatic heterocycles. The SMILES string of the molecule is Cc1[nH]cc(/C=C\N)c1C. The van der Waals surface area contributed by atoms with Crippen molar-refractivity contribution in [2.75, 3.05) is 0 Å². The van der Waals surface area contributed by atoms with Crippen LogP contribution in [0.15, 0.2) is 12.4 Å². The maximum Gasteiger partial charge on any atom is 0.0151 e. The van der Waals surface area contributed by atoms with Crippen LogP contribution in [0.3, 0.4) is 0 Å². The largest absolute Gasteiger partial charge is 0.405 e. The van der Waals surface area contributed by atoms with Crippen molar-refractivity contribution in [2.24, 2.45) is 5.73 Å². The highest BCUT2D eigenvalue weighted by molar-refractivity contribution is 5.53. The summed E-state index contributed by atoms with van der Waals surface area (Å²) in [4.78, 5) is 3.11. The molecule has 0 bridgehead atoms. The molecule has 0 spiro atoms. The van der Waals surface area contributed by atoms with Crippen molar-refractivity contribution in [2.45, 2.75) is 13.8 Å². The van der Waals surface area contributed by atoms with Crippen molar-refractivity contribution in [1.29, 1.82) is 0 Å². The fourth-order valence-corrected chi connectivity index (χ4v) is 0.896. The predicted octanol–water partition coefficient (Wildman–Crippen LogP) is 1.56. The number of hydrogen-bond acceptors (Lipinski definition) is 1. The molecule has 0 atom stereocenters. The Morgan fingerprint density at radius 2 is 2.20 bits per heavy atom. The van der Waals surface area contributed by atoms with Crippen LogP contribution in [-0.4, -0.2) is 4.98 Å². The van der Waals surface area contributed by atoms with Gasteiger partial charge in [-0.1, -0.05) is 0 Å². The Morgan fingerprint density at radius 3 is 2.60 bits per heavy atom. The summed E-state index contributed by atoms with van der Waals surface area (Å²) in [6.45, 7) is 4.12. The second kappa shape index (κ2) is 2.60. The Morgan fingerprint density at radius 1 is 1.50 bits per heavy atom. The molecule has 0 aliphatic carbocycles. The molecule has 1 aromatic heterocycles. The van der Waals surface area contributed by atoms with E-state index in [-0.39, 0.29) is 0 Å². The third kappa shape index (κ3) is 1.05. The van der Waals surface area contributed by atoms with Crippen LogP contribution in [0.4, 0.5) is 0 Å². The second-order valence-corrected chi connectivity index (χ2v) is 2.35. The first kappa shape index (κ1) is 6.93. The fourth-order valence-electron chi connectivity index (χ4n) is 0.896. The first-order chi connectivity index (χ1) is 4.75. The van der Waals surface area contributed by atoms with Gasteiger partial charge in [0.25, 0.3) is 0 Å². The maximum absolute atomic E-state index is 5.24. The summed E-state index contributed by atoms with van der Waals surface area (Å²) in [6.07, 6.45) is 5.39. The van der Waals surface area contributed by atoms with E-state index < -0.39 is 0 Å². The Balaban J connectivity index is 3.05. The zero-order chi connectivity index (χ0) is 7.56. The first-order valence-corrected chi connectivity index (χ1v) is 3.28. The van der Waals surface area contributed by atoms with Gasteiger partial charge in [0.15, 0.2) is 0 Å². The highest BCUT2D eigenvalue weighted by Gasteiger charge is 1.97. The summed E-state index contributed by atoms with van der Waals surface area (Å²) in [6, 6.07) is 0. The van der Waals surface area contributed by atoms with Crippen molar-refractivity contribution in [3.05, 3.63) is 29.2 Å². The molecule has 10 heavy (non-hydrogen) atoms. The van der Waals surface area contributed by atoms with E-state index in [9.17, 15) is 0 Å². The van der Waals surface area contributed by atoms with Crippen LogP contribution >= 0.6 is 0 Å². The van der Waals surface area contributed by atoms with Gasteiger partial charge in [0.2, 0.25) is 0 Å². The number of nitrogens with two attached hydrogens (primary N) is 1. The molecule has 54 valence electrons. The van der Waals surface area contributed by atoms with E-state index in [1.165, 1.54) is 16.8 Å². The molecule has 0 radical (unpaired) electrons. The van der Waals surface area contributed by atoms with E-state index in [1.807, 2.05) is 19.2 Å². The van der Waals surface area contributed by atoms with Crippen LogP contribution in [0.25, 0.3) is 6.08 Å². The Bertz CT molecular complexity index is 246. The molecule has 0 aromatic carbocycles. The number of aryl methyl sites for hydroxylation is 1. The van der Waals surface area contributed by atoms with Crippen molar-refractivity contribution in [1.82, 2.24) is 4.98 Å². The lowest BCUT2D eigenvalue weighted by Crippen LogP contribution is -1.78. The van der Waals surface area contributed by atoms with Gasteiger partial charge in [-0.15, -0.1) is 0 Å². The molecule has 2 heteroatoms. The second-order valence-electron chi connectivity index (χ2n) is 2.35. The zero-order valence-corrected chi connectivity index (χ0v) is 6.31. The molecule has 0 unspecified atom stereocenters. The zero-order valence-electron chi connectivity index (χ0n) is 6.31. The average Bonchev–Trinajstić information content (AvgIpc) is 2.20. The Labute approximate surface area is 60.8 Å².